The number of aryl methyl sites for hydroxylation is 1. The lowest BCUT2D eigenvalue weighted by molar-refractivity contribution is -0.121. The van der Waals surface area contributed by atoms with Gasteiger partial charge in [-0.3, -0.25) is 4.79 Å². The highest BCUT2D eigenvalue weighted by atomic mass is 16.5. The third-order valence-electron chi connectivity index (χ3n) is 5.60. The maximum absolute atomic E-state index is 12.3. The zero-order chi connectivity index (χ0) is 23.6. The standard InChI is InChI=1S/C29H30N2O3/c1-22(23-12-5-2-6-13-23)33-21-11-20-30-26(32)18-19-27-31-28(24-14-7-3-8-15-24)29(34-27)25-16-9-4-10-17-25/h2-10,12-17,22H,11,18-21H2,1H3,(H,30,32)/t22-/m0/s1. The zero-order valence-electron chi connectivity index (χ0n) is 19.4. The average molecular weight is 455 g/mol. The summed E-state index contributed by atoms with van der Waals surface area (Å²) in [7, 11) is 0. The van der Waals surface area contributed by atoms with Crippen molar-refractivity contribution in [2.24, 2.45) is 0 Å². The quantitative estimate of drug-likeness (QED) is 0.273. The van der Waals surface area contributed by atoms with Gasteiger partial charge in [-0.15, -0.1) is 0 Å². The largest absolute Gasteiger partial charge is 0.440 e. The number of ether oxygens (including phenoxy) is 1. The summed E-state index contributed by atoms with van der Waals surface area (Å²) in [5.41, 5.74) is 3.91. The Balaban J connectivity index is 1.27. The van der Waals surface area contributed by atoms with Gasteiger partial charge < -0.3 is 14.5 Å². The number of hydrogen-bond acceptors (Lipinski definition) is 4. The van der Waals surface area contributed by atoms with E-state index in [1.165, 1.54) is 0 Å². The van der Waals surface area contributed by atoms with Crippen LogP contribution in [0.25, 0.3) is 22.6 Å². The summed E-state index contributed by atoms with van der Waals surface area (Å²) in [6, 6.07) is 30.0. The van der Waals surface area contributed by atoms with Crippen molar-refractivity contribution in [1.82, 2.24) is 10.3 Å². The smallest absolute Gasteiger partial charge is 0.220 e. The number of benzene rings is 3. The molecule has 1 atom stereocenters. The van der Waals surface area contributed by atoms with Crippen molar-refractivity contribution in [3.63, 3.8) is 0 Å². The first-order valence-corrected chi connectivity index (χ1v) is 11.7. The molecule has 0 unspecified atom stereocenters. The van der Waals surface area contributed by atoms with E-state index < -0.39 is 0 Å². The summed E-state index contributed by atoms with van der Waals surface area (Å²) < 4.78 is 12.0. The number of hydrogen-bond donors (Lipinski definition) is 1. The van der Waals surface area contributed by atoms with Gasteiger partial charge in [0.05, 0.1) is 6.10 Å². The molecule has 0 saturated carbocycles. The summed E-state index contributed by atoms with van der Waals surface area (Å²) in [5, 5.41) is 2.96. The van der Waals surface area contributed by atoms with Crippen molar-refractivity contribution >= 4 is 5.91 Å². The second-order valence-corrected chi connectivity index (χ2v) is 8.14. The number of rotatable bonds is 11. The van der Waals surface area contributed by atoms with E-state index >= 15 is 0 Å². The fraction of sp³-hybridized carbons (Fsp3) is 0.241. The number of amides is 1. The van der Waals surface area contributed by atoms with E-state index in [4.69, 9.17) is 14.1 Å². The van der Waals surface area contributed by atoms with E-state index in [2.05, 4.69) is 17.4 Å². The molecule has 174 valence electrons. The van der Waals surface area contributed by atoms with Gasteiger partial charge >= 0.3 is 0 Å². The molecule has 1 amide bonds. The minimum absolute atomic E-state index is 0.0168. The zero-order valence-corrected chi connectivity index (χ0v) is 19.4. The summed E-state index contributed by atoms with van der Waals surface area (Å²) in [6.07, 6.45) is 1.57. The summed E-state index contributed by atoms with van der Waals surface area (Å²) in [6.45, 7) is 3.21. The van der Waals surface area contributed by atoms with Crippen molar-refractivity contribution in [2.45, 2.75) is 32.3 Å². The Morgan fingerprint density at radius 2 is 1.53 bits per heavy atom. The molecule has 0 saturated heterocycles. The van der Waals surface area contributed by atoms with Crippen LogP contribution in [0.1, 0.15) is 37.3 Å². The maximum atomic E-state index is 12.3. The lowest BCUT2D eigenvalue weighted by atomic mass is 10.1. The Bertz CT molecular complexity index is 1100. The fourth-order valence-electron chi connectivity index (χ4n) is 3.74. The Morgan fingerprint density at radius 1 is 0.912 bits per heavy atom. The van der Waals surface area contributed by atoms with E-state index in [1.54, 1.807) is 0 Å². The van der Waals surface area contributed by atoms with Crippen LogP contribution >= 0.6 is 0 Å². The van der Waals surface area contributed by atoms with Gasteiger partial charge in [0, 0.05) is 37.1 Å². The predicted octanol–water partition coefficient (Wildman–Crippen LogP) is 6.23. The first-order valence-electron chi connectivity index (χ1n) is 11.7. The maximum Gasteiger partial charge on any atom is 0.220 e. The summed E-state index contributed by atoms with van der Waals surface area (Å²) >= 11 is 0. The monoisotopic (exact) mass is 454 g/mol. The minimum Gasteiger partial charge on any atom is -0.440 e. The van der Waals surface area contributed by atoms with Crippen LogP contribution < -0.4 is 5.32 Å². The average Bonchev–Trinajstić information content (AvgIpc) is 3.33. The second kappa shape index (κ2) is 12.0. The molecule has 1 aromatic heterocycles. The molecule has 0 spiro atoms. The van der Waals surface area contributed by atoms with Gasteiger partial charge in [0.15, 0.2) is 11.7 Å². The van der Waals surface area contributed by atoms with E-state index in [1.807, 2.05) is 85.8 Å². The normalized spacial score (nSPS) is 11.8. The van der Waals surface area contributed by atoms with Crippen LogP contribution in [0.4, 0.5) is 0 Å². The molecule has 4 aromatic rings. The molecule has 0 aliphatic heterocycles. The Kier molecular flexibility index (Phi) is 8.25. The van der Waals surface area contributed by atoms with Crippen LogP contribution in [0, 0.1) is 0 Å². The lowest BCUT2D eigenvalue weighted by Crippen LogP contribution is -2.25. The number of oxazole rings is 1. The molecular weight excluding hydrogens is 424 g/mol. The molecule has 0 aliphatic carbocycles. The molecule has 4 rings (SSSR count). The van der Waals surface area contributed by atoms with Crippen molar-refractivity contribution < 1.29 is 13.9 Å². The SMILES string of the molecule is C[C@H](OCCCNC(=O)CCc1nc(-c2ccccc2)c(-c2ccccc2)o1)c1ccccc1. The van der Waals surface area contributed by atoms with Crippen molar-refractivity contribution in [2.75, 3.05) is 13.2 Å². The van der Waals surface area contributed by atoms with Crippen LogP contribution in [0.2, 0.25) is 0 Å². The summed E-state index contributed by atoms with van der Waals surface area (Å²) in [4.78, 5) is 17.1. The van der Waals surface area contributed by atoms with Crippen LogP contribution in [0.15, 0.2) is 95.4 Å². The lowest BCUT2D eigenvalue weighted by Gasteiger charge is -2.13. The highest BCUT2D eigenvalue weighted by molar-refractivity contribution is 5.77. The number of carbonyl (C=O) groups excluding carboxylic acids is 1. The van der Waals surface area contributed by atoms with Gasteiger partial charge in [-0.1, -0.05) is 91.0 Å². The molecule has 1 N–H and O–H groups in total. The number of nitrogens with zero attached hydrogens (tertiary/aromatic N) is 1. The van der Waals surface area contributed by atoms with Crippen molar-refractivity contribution in [3.8, 4) is 22.6 Å². The number of nitrogens with one attached hydrogen (secondary N) is 1. The van der Waals surface area contributed by atoms with Crippen molar-refractivity contribution in [1.29, 1.82) is 0 Å². The Hall–Kier alpha value is -3.70. The van der Waals surface area contributed by atoms with Gasteiger partial charge in [-0.2, -0.15) is 0 Å². The topological polar surface area (TPSA) is 64.4 Å². The molecular formula is C29H30N2O3. The molecule has 1 heterocycles. The summed E-state index contributed by atoms with van der Waals surface area (Å²) in [5.74, 6) is 1.27. The Morgan fingerprint density at radius 3 is 2.21 bits per heavy atom. The molecule has 5 nitrogen and oxygen atoms in total. The van der Waals surface area contributed by atoms with Crippen LogP contribution in [-0.2, 0) is 16.0 Å². The van der Waals surface area contributed by atoms with Gasteiger partial charge in [-0.05, 0) is 18.9 Å². The number of aromatic nitrogens is 1. The van der Waals surface area contributed by atoms with E-state index in [9.17, 15) is 4.79 Å². The van der Waals surface area contributed by atoms with E-state index in [0.717, 1.165) is 34.6 Å². The third kappa shape index (κ3) is 6.42. The number of carbonyl (C=O) groups is 1. The third-order valence-corrected chi connectivity index (χ3v) is 5.60. The van der Waals surface area contributed by atoms with Crippen LogP contribution in [-0.4, -0.2) is 24.0 Å². The van der Waals surface area contributed by atoms with Gasteiger partial charge in [-0.25, -0.2) is 4.98 Å². The molecule has 0 bridgehead atoms. The first-order chi connectivity index (χ1) is 16.7. The Labute approximate surface area is 200 Å². The first kappa shape index (κ1) is 23.5. The molecule has 3 aromatic carbocycles. The molecule has 0 fully saturated rings. The molecule has 0 radical (unpaired) electrons. The predicted molar refractivity (Wildman–Crippen MR) is 134 cm³/mol. The highest BCUT2D eigenvalue weighted by Crippen LogP contribution is 2.32. The van der Waals surface area contributed by atoms with Crippen LogP contribution in [0.5, 0.6) is 0 Å². The van der Waals surface area contributed by atoms with E-state index in [-0.39, 0.29) is 12.0 Å². The van der Waals surface area contributed by atoms with Crippen molar-refractivity contribution in [3.05, 3.63) is 102 Å². The van der Waals surface area contributed by atoms with Gasteiger partial charge in [0.1, 0.15) is 5.69 Å². The highest BCUT2D eigenvalue weighted by Gasteiger charge is 2.17. The fourth-order valence-corrected chi connectivity index (χ4v) is 3.74. The van der Waals surface area contributed by atoms with Crippen LogP contribution in [0.3, 0.4) is 0 Å². The van der Waals surface area contributed by atoms with Gasteiger partial charge in [0.25, 0.3) is 0 Å². The van der Waals surface area contributed by atoms with E-state index in [0.29, 0.717) is 31.9 Å². The molecule has 0 aliphatic rings. The minimum atomic E-state index is -0.0168. The van der Waals surface area contributed by atoms with Gasteiger partial charge in [0.2, 0.25) is 5.91 Å². The molecule has 34 heavy (non-hydrogen) atoms. The molecule has 5 heteroatoms. The second-order valence-electron chi connectivity index (χ2n) is 8.14.